The Morgan fingerprint density at radius 1 is 1.11 bits per heavy atom. The van der Waals surface area contributed by atoms with E-state index in [4.69, 9.17) is 9.15 Å². The summed E-state index contributed by atoms with van der Waals surface area (Å²) < 4.78 is 13.5. The number of esters is 1. The minimum Gasteiger partial charge on any atom is -0.464 e. The Morgan fingerprint density at radius 3 is 2.69 bits per heavy atom. The van der Waals surface area contributed by atoms with Crippen LogP contribution in [0.3, 0.4) is 0 Å². The number of carbonyl (C=O) groups is 2. The number of pyridine rings is 1. The van der Waals surface area contributed by atoms with Crippen LogP contribution in [0.25, 0.3) is 16.7 Å². The maximum atomic E-state index is 12.7. The SMILES string of the molecule is COC(=O)c1c(NC(=O)c2ccco2)c2cc(NCc3cnn(-c4ccccc4)c3)cnc2n1C. The molecule has 0 spiro atoms. The molecule has 4 heterocycles. The lowest BCUT2D eigenvalue weighted by Gasteiger charge is -2.07. The van der Waals surface area contributed by atoms with Gasteiger partial charge in [0, 0.05) is 30.7 Å². The summed E-state index contributed by atoms with van der Waals surface area (Å²) in [7, 11) is 2.98. The van der Waals surface area contributed by atoms with Crippen molar-refractivity contribution in [2.75, 3.05) is 17.7 Å². The highest BCUT2D eigenvalue weighted by Gasteiger charge is 2.25. The number of aryl methyl sites for hydroxylation is 1. The van der Waals surface area contributed by atoms with Gasteiger partial charge in [-0.15, -0.1) is 0 Å². The molecule has 1 aromatic carbocycles. The standard InChI is InChI=1S/C25H22N6O4/c1-30-22(25(33)34-2)21(29-24(32)20-9-6-10-35-20)19-11-17(14-27-23(19)30)26-12-16-13-28-31(15-16)18-7-4-3-5-8-18/h3-11,13-15,26H,12H2,1-2H3,(H,29,32). The van der Waals surface area contributed by atoms with Crippen LogP contribution in [-0.4, -0.2) is 38.3 Å². The van der Waals surface area contributed by atoms with Gasteiger partial charge in [-0.05, 0) is 30.3 Å². The van der Waals surface area contributed by atoms with E-state index in [1.54, 1.807) is 40.8 Å². The molecular weight excluding hydrogens is 448 g/mol. The van der Waals surface area contributed by atoms with E-state index in [1.165, 1.54) is 13.4 Å². The van der Waals surface area contributed by atoms with Crippen LogP contribution in [-0.2, 0) is 18.3 Å². The normalized spacial score (nSPS) is 10.9. The number of hydrogen-bond donors (Lipinski definition) is 2. The number of nitrogens with zero attached hydrogens (tertiary/aromatic N) is 4. The number of nitrogens with one attached hydrogen (secondary N) is 2. The van der Waals surface area contributed by atoms with E-state index in [-0.39, 0.29) is 11.5 Å². The van der Waals surface area contributed by atoms with Gasteiger partial charge in [0.25, 0.3) is 5.91 Å². The summed E-state index contributed by atoms with van der Waals surface area (Å²) in [5, 5.41) is 11.1. The first kappa shape index (κ1) is 22.0. The second-order valence-electron chi connectivity index (χ2n) is 7.78. The molecule has 0 aliphatic heterocycles. The second kappa shape index (κ2) is 9.18. The number of methoxy groups -OCH3 is 1. The quantitative estimate of drug-likeness (QED) is 0.345. The van der Waals surface area contributed by atoms with Crippen LogP contribution in [0.1, 0.15) is 26.6 Å². The first-order valence-corrected chi connectivity index (χ1v) is 10.8. The van der Waals surface area contributed by atoms with E-state index in [9.17, 15) is 9.59 Å². The first-order chi connectivity index (χ1) is 17.0. The molecule has 5 aromatic rings. The van der Waals surface area contributed by atoms with Crippen molar-refractivity contribution in [3.8, 4) is 5.69 Å². The topological polar surface area (TPSA) is 116 Å². The zero-order valence-electron chi connectivity index (χ0n) is 19.1. The van der Waals surface area contributed by atoms with Crippen molar-refractivity contribution in [1.82, 2.24) is 19.3 Å². The van der Waals surface area contributed by atoms with Crippen LogP contribution < -0.4 is 10.6 Å². The average molecular weight is 470 g/mol. The third kappa shape index (κ3) is 4.24. The highest BCUT2D eigenvalue weighted by atomic mass is 16.5. The Bertz CT molecular complexity index is 1500. The van der Waals surface area contributed by atoms with Crippen molar-refractivity contribution in [2.24, 2.45) is 7.05 Å². The molecule has 0 saturated carbocycles. The third-order valence-corrected chi connectivity index (χ3v) is 5.54. The molecule has 176 valence electrons. The summed E-state index contributed by atoms with van der Waals surface area (Å²) in [6.07, 6.45) is 6.81. The van der Waals surface area contributed by atoms with Crippen LogP contribution in [0.5, 0.6) is 0 Å². The summed E-state index contributed by atoms with van der Waals surface area (Å²) in [5.74, 6) is -0.960. The van der Waals surface area contributed by atoms with Gasteiger partial charge in [0.2, 0.25) is 0 Å². The van der Waals surface area contributed by atoms with E-state index in [0.717, 1.165) is 11.3 Å². The average Bonchev–Trinajstić information content (AvgIpc) is 3.64. The molecule has 0 aliphatic rings. The minimum absolute atomic E-state index is 0.121. The highest BCUT2D eigenvalue weighted by Crippen LogP contribution is 2.32. The molecule has 0 aliphatic carbocycles. The molecule has 4 aromatic heterocycles. The third-order valence-electron chi connectivity index (χ3n) is 5.54. The van der Waals surface area contributed by atoms with Crippen LogP contribution in [0.4, 0.5) is 11.4 Å². The van der Waals surface area contributed by atoms with Crippen LogP contribution >= 0.6 is 0 Å². The number of anilines is 2. The van der Waals surface area contributed by atoms with Crippen molar-refractivity contribution in [3.05, 3.63) is 90.4 Å². The largest absolute Gasteiger partial charge is 0.464 e. The van der Waals surface area contributed by atoms with Gasteiger partial charge in [-0.3, -0.25) is 4.79 Å². The lowest BCUT2D eigenvalue weighted by Crippen LogP contribution is -2.16. The fourth-order valence-electron chi connectivity index (χ4n) is 3.83. The predicted octanol–water partition coefficient (Wildman–Crippen LogP) is 4.00. The van der Waals surface area contributed by atoms with Crippen molar-refractivity contribution in [1.29, 1.82) is 0 Å². The lowest BCUT2D eigenvalue weighted by molar-refractivity contribution is 0.0591. The number of para-hydroxylation sites is 1. The fraction of sp³-hybridized carbons (Fsp3) is 0.120. The highest BCUT2D eigenvalue weighted by molar-refractivity contribution is 6.14. The number of carbonyl (C=O) groups excluding carboxylic acids is 2. The maximum Gasteiger partial charge on any atom is 0.356 e. The van der Waals surface area contributed by atoms with Crippen molar-refractivity contribution in [2.45, 2.75) is 6.54 Å². The minimum atomic E-state index is -0.594. The molecule has 0 unspecified atom stereocenters. The summed E-state index contributed by atoms with van der Waals surface area (Å²) >= 11 is 0. The van der Waals surface area contributed by atoms with Gasteiger partial charge >= 0.3 is 5.97 Å². The Labute approximate surface area is 200 Å². The number of benzene rings is 1. The molecule has 0 fully saturated rings. The summed E-state index contributed by atoms with van der Waals surface area (Å²) in [4.78, 5) is 29.7. The number of ether oxygens (including phenoxy) is 1. The van der Waals surface area contributed by atoms with E-state index in [2.05, 4.69) is 20.7 Å². The summed E-state index contributed by atoms with van der Waals surface area (Å²) in [6, 6.07) is 14.8. The lowest BCUT2D eigenvalue weighted by atomic mass is 10.2. The van der Waals surface area contributed by atoms with Gasteiger partial charge in [-0.1, -0.05) is 18.2 Å². The van der Waals surface area contributed by atoms with Crippen molar-refractivity contribution >= 4 is 34.3 Å². The van der Waals surface area contributed by atoms with Crippen LogP contribution in [0, 0.1) is 0 Å². The van der Waals surface area contributed by atoms with Crippen molar-refractivity contribution < 1.29 is 18.7 Å². The van der Waals surface area contributed by atoms with E-state index in [0.29, 0.717) is 29.0 Å². The zero-order valence-corrected chi connectivity index (χ0v) is 19.1. The molecule has 0 atom stereocenters. The molecule has 1 amide bonds. The fourth-order valence-corrected chi connectivity index (χ4v) is 3.83. The molecule has 0 bridgehead atoms. The van der Waals surface area contributed by atoms with E-state index >= 15 is 0 Å². The van der Waals surface area contributed by atoms with Gasteiger partial charge in [0.05, 0.1) is 42.8 Å². The Hall–Kier alpha value is -4.86. The molecule has 35 heavy (non-hydrogen) atoms. The van der Waals surface area contributed by atoms with Gasteiger partial charge in [0.15, 0.2) is 11.5 Å². The molecule has 0 radical (unpaired) electrons. The second-order valence-corrected chi connectivity index (χ2v) is 7.78. The van der Waals surface area contributed by atoms with E-state index in [1.807, 2.05) is 42.6 Å². The van der Waals surface area contributed by atoms with Gasteiger partial charge < -0.3 is 24.4 Å². The molecule has 10 nitrogen and oxygen atoms in total. The number of aromatic nitrogens is 4. The number of hydrogen-bond acceptors (Lipinski definition) is 7. The van der Waals surface area contributed by atoms with Gasteiger partial charge in [-0.2, -0.15) is 5.10 Å². The molecule has 0 saturated heterocycles. The van der Waals surface area contributed by atoms with Crippen LogP contribution in [0.15, 0.2) is 77.8 Å². The summed E-state index contributed by atoms with van der Waals surface area (Å²) in [5.41, 5.74) is 3.64. The Balaban J connectivity index is 1.44. The maximum absolute atomic E-state index is 12.7. The molecular formula is C25H22N6O4. The number of rotatable bonds is 7. The van der Waals surface area contributed by atoms with E-state index < -0.39 is 11.9 Å². The number of amides is 1. The van der Waals surface area contributed by atoms with Crippen LogP contribution in [0.2, 0.25) is 0 Å². The predicted molar refractivity (Wildman–Crippen MR) is 130 cm³/mol. The number of fused-ring (bicyclic) bond motifs is 1. The molecule has 2 N–H and O–H groups in total. The van der Waals surface area contributed by atoms with Crippen molar-refractivity contribution in [3.63, 3.8) is 0 Å². The zero-order chi connectivity index (χ0) is 24.4. The van der Waals surface area contributed by atoms with Gasteiger partial charge in [0.1, 0.15) is 5.65 Å². The Morgan fingerprint density at radius 2 is 1.94 bits per heavy atom. The molecule has 10 heteroatoms. The first-order valence-electron chi connectivity index (χ1n) is 10.8. The monoisotopic (exact) mass is 470 g/mol. The number of furan rings is 1. The van der Waals surface area contributed by atoms with Gasteiger partial charge in [-0.25, -0.2) is 14.5 Å². The summed E-state index contributed by atoms with van der Waals surface area (Å²) in [6.45, 7) is 0.505. The smallest absolute Gasteiger partial charge is 0.356 e. The molecule has 5 rings (SSSR count). The Kier molecular flexibility index (Phi) is 5.76.